The van der Waals surface area contributed by atoms with E-state index in [-0.39, 0.29) is 5.91 Å². The third-order valence-corrected chi connectivity index (χ3v) is 8.06. The lowest BCUT2D eigenvalue weighted by atomic mass is 10.1. The summed E-state index contributed by atoms with van der Waals surface area (Å²) in [6.45, 7) is 2.44. The first kappa shape index (κ1) is 28.5. The van der Waals surface area contributed by atoms with Crippen LogP contribution >= 0.6 is 27.5 Å². The van der Waals surface area contributed by atoms with Crippen LogP contribution in [-0.4, -0.2) is 16.7 Å². The van der Waals surface area contributed by atoms with E-state index >= 15 is 0 Å². The molecule has 0 aliphatic heterocycles. The first-order valence-corrected chi connectivity index (χ1v) is 14.9. The second-order valence-electron chi connectivity index (χ2n) is 10.0. The van der Waals surface area contributed by atoms with E-state index in [1.54, 1.807) is 24.4 Å². The van der Waals surface area contributed by atoms with Crippen LogP contribution in [0.3, 0.4) is 0 Å². The first-order chi connectivity index (χ1) is 21.0. The van der Waals surface area contributed by atoms with Crippen molar-refractivity contribution < 1.29 is 9.53 Å². The Morgan fingerprint density at radius 2 is 1.65 bits per heavy atom. The van der Waals surface area contributed by atoms with E-state index in [4.69, 9.17) is 16.3 Å². The molecule has 0 unspecified atom stereocenters. The van der Waals surface area contributed by atoms with E-state index in [0.717, 1.165) is 39.0 Å². The van der Waals surface area contributed by atoms with Gasteiger partial charge in [0.1, 0.15) is 6.61 Å². The molecule has 6 rings (SSSR count). The van der Waals surface area contributed by atoms with Gasteiger partial charge in [-0.3, -0.25) is 4.79 Å². The molecule has 5 aromatic carbocycles. The number of hydrogen-bond donors (Lipinski definition) is 1. The highest BCUT2D eigenvalue weighted by Gasteiger charge is 2.12. The number of hydrazone groups is 1. The van der Waals surface area contributed by atoms with Crippen molar-refractivity contribution in [2.45, 2.75) is 13.5 Å². The molecular formula is C36H27BrClN3O2. The van der Waals surface area contributed by atoms with Crippen LogP contribution in [0.4, 0.5) is 0 Å². The molecule has 1 aromatic heterocycles. The third kappa shape index (κ3) is 6.26. The first-order valence-electron chi connectivity index (χ1n) is 13.7. The van der Waals surface area contributed by atoms with Crippen molar-refractivity contribution in [3.63, 3.8) is 0 Å². The average Bonchev–Trinajstić information content (AvgIpc) is 3.42. The van der Waals surface area contributed by atoms with Gasteiger partial charge < -0.3 is 9.30 Å². The summed E-state index contributed by atoms with van der Waals surface area (Å²) < 4.78 is 8.96. The van der Waals surface area contributed by atoms with Crippen LogP contribution in [0.2, 0.25) is 5.02 Å². The number of carbonyl (C=O) groups excluding carboxylic acids is 1. The number of carbonyl (C=O) groups is 1. The second-order valence-corrected chi connectivity index (χ2v) is 11.3. The number of ether oxygens (including phenoxy) is 1. The molecule has 43 heavy (non-hydrogen) atoms. The molecule has 1 amide bonds. The minimum Gasteiger partial charge on any atom is -0.486 e. The van der Waals surface area contributed by atoms with E-state index in [9.17, 15) is 4.79 Å². The zero-order valence-corrected chi connectivity index (χ0v) is 25.6. The molecule has 0 aliphatic carbocycles. The molecule has 6 aromatic rings. The Balaban J connectivity index is 1.11. The van der Waals surface area contributed by atoms with E-state index in [0.29, 0.717) is 33.0 Å². The van der Waals surface area contributed by atoms with Crippen molar-refractivity contribution in [2.75, 3.05) is 0 Å². The summed E-state index contributed by atoms with van der Waals surface area (Å²) >= 11 is 10.1. The fraction of sp³-hybridized carbons (Fsp3) is 0.0556. The van der Waals surface area contributed by atoms with E-state index in [1.807, 2.05) is 60.7 Å². The molecule has 1 heterocycles. The summed E-state index contributed by atoms with van der Waals surface area (Å²) in [5.74, 6) is 0.236. The zero-order valence-electron chi connectivity index (χ0n) is 23.3. The lowest BCUT2D eigenvalue weighted by Gasteiger charge is -2.13. The van der Waals surface area contributed by atoms with Crippen molar-refractivity contribution >= 4 is 50.4 Å². The van der Waals surface area contributed by atoms with E-state index in [2.05, 4.69) is 80.4 Å². The van der Waals surface area contributed by atoms with Crippen LogP contribution in [0, 0.1) is 6.92 Å². The number of halogens is 2. The van der Waals surface area contributed by atoms with Gasteiger partial charge in [0.25, 0.3) is 5.91 Å². The van der Waals surface area contributed by atoms with Crippen molar-refractivity contribution in [3.05, 3.63) is 153 Å². The highest BCUT2D eigenvalue weighted by molar-refractivity contribution is 9.10. The quantitative estimate of drug-likeness (QED) is 0.132. The van der Waals surface area contributed by atoms with Gasteiger partial charge >= 0.3 is 0 Å². The fourth-order valence-electron chi connectivity index (χ4n) is 5.07. The van der Waals surface area contributed by atoms with Crippen LogP contribution in [-0.2, 0) is 6.61 Å². The SMILES string of the molecule is Cc1ccc(-c2ccccc2)n1-c1ccc(C(=O)N/N=C/c2cc(Cl)c(OCc3cccc4ccccc34)c(Br)c2)cc1. The Hall–Kier alpha value is -4.65. The molecule has 5 nitrogen and oxygen atoms in total. The lowest BCUT2D eigenvalue weighted by molar-refractivity contribution is 0.0955. The molecule has 7 heteroatoms. The Kier molecular flexibility index (Phi) is 8.40. The molecule has 1 N–H and O–H groups in total. The number of rotatable bonds is 8. The minimum atomic E-state index is -0.310. The molecule has 212 valence electrons. The molecule has 0 fully saturated rings. The molecule has 0 spiro atoms. The minimum absolute atomic E-state index is 0.310. The van der Waals surface area contributed by atoms with Gasteiger partial charge in [-0.15, -0.1) is 0 Å². The van der Waals surface area contributed by atoms with Gasteiger partial charge in [0.05, 0.1) is 21.4 Å². The maximum atomic E-state index is 12.8. The number of aryl methyl sites for hydroxylation is 1. The monoisotopic (exact) mass is 647 g/mol. The molecular weight excluding hydrogens is 622 g/mol. The summed E-state index contributed by atoms with van der Waals surface area (Å²) in [5.41, 5.74) is 9.19. The highest BCUT2D eigenvalue weighted by atomic mass is 79.9. The van der Waals surface area contributed by atoms with Gasteiger partial charge in [-0.2, -0.15) is 5.10 Å². The summed E-state index contributed by atoms with van der Waals surface area (Å²) in [7, 11) is 0. The molecule has 0 aliphatic rings. The standard InChI is InChI=1S/C36H27BrClN3O2/c1-24-14-19-34(27-9-3-2-4-10-27)41(24)30-17-15-28(16-18-30)36(42)40-39-22-25-20-32(37)35(33(38)21-25)43-23-29-12-7-11-26-8-5-6-13-31(26)29/h2-22H,23H2,1H3,(H,40,42)/b39-22+. The lowest BCUT2D eigenvalue weighted by Crippen LogP contribution is -2.17. The summed E-state index contributed by atoms with van der Waals surface area (Å²) in [5, 5.41) is 6.89. The smallest absolute Gasteiger partial charge is 0.271 e. The average molecular weight is 649 g/mol. The van der Waals surface area contributed by atoms with Crippen LogP contribution in [0.25, 0.3) is 27.7 Å². The third-order valence-electron chi connectivity index (χ3n) is 7.19. The molecule has 0 bridgehead atoms. The normalized spacial score (nSPS) is 11.2. The predicted octanol–water partition coefficient (Wildman–Crippen LogP) is 9.36. The Labute approximate surface area is 263 Å². The zero-order chi connectivity index (χ0) is 29.8. The molecule has 0 saturated carbocycles. The molecule has 0 radical (unpaired) electrons. The number of hydrogen-bond acceptors (Lipinski definition) is 3. The van der Waals surface area contributed by atoms with Crippen LogP contribution in [0.15, 0.2) is 131 Å². The van der Waals surface area contributed by atoms with Gasteiger partial charge in [0.15, 0.2) is 5.75 Å². The number of aromatic nitrogens is 1. The largest absolute Gasteiger partial charge is 0.486 e. The van der Waals surface area contributed by atoms with Gasteiger partial charge in [-0.25, -0.2) is 5.43 Å². The number of nitrogens with one attached hydrogen (secondary N) is 1. The second kappa shape index (κ2) is 12.7. The number of fused-ring (bicyclic) bond motifs is 1. The Morgan fingerprint density at radius 3 is 2.44 bits per heavy atom. The maximum absolute atomic E-state index is 12.8. The topological polar surface area (TPSA) is 55.6 Å². The van der Waals surface area contributed by atoms with Crippen molar-refractivity contribution in [3.8, 4) is 22.7 Å². The summed E-state index contributed by atoms with van der Waals surface area (Å²) in [6.07, 6.45) is 1.55. The number of amides is 1. The Bertz CT molecular complexity index is 1920. The molecule has 0 saturated heterocycles. The number of benzene rings is 5. The van der Waals surface area contributed by atoms with E-state index in [1.165, 1.54) is 0 Å². The van der Waals surface area contributed by atoms with Crippen molar-refractivity contribution in [1.82, 2.24) is 9.99 Å². The maximum Gasteiger partial charge on any atom is 0.271 e. The highest BCUT2D eigenvalue weighted by Crippen LogP contribution is 2.35. The van der Waals surface area contributed by atoms with Crippen LogP contribution in [0.1, 0.15) is 27.2 Å². The predicted molar refractivity (Wildman–Crippen MR) is 178 cm³/mol. The van der Waals surface area contributed by atoms with Gasteiger partial charge in [-0.05, 0) is 98.8 Å². The van der Waals surface area contributed by atoms with Gasteiger partial charge in [0, 0.05) is 16.9 Å². The van der Waals surface area contributed by atoms with Crippen molar-refractivity contribution in [1.29, 1.82) is 0 Å². The van der Waals surface area contributed by atoms with Crippen LogP contribution in [0.5, 0.6) is 5.75 Å². The van der Waals surface area contributed by atoms with Gasteiger partial charge in [0.2, 0.25) is 0 Å². The van der Waals surface area contributed by atoms with Crippen LogP contribution < -0.4 is 10.2 Å². The van der Waals surface area contributed by atoms with Crippen molar-refractivity contribution in [2.24, 2.45) is 5.10 Å². The Morgan fingerprint density at radius 1 is 0.907 bits per heavy atom. The molecule has 0 atom stereocenters. The van der Waals surface area contributed by atoms with Gasteiger partial charge in [-0.1, -0.05) is 84.4 Å². The summed E-state index contributed by atoms with van der Waals surface area (Å²) in [4.78, 5) is 12.8. The fourth-order valence-corrected chi connectivity index (χ4v) is 6.06. The summed E-state index contributed by atoms with van der Waals surface area (Å²) in [6, 6.07) is 39.8. The van der Waals surface area contributed by atoms with E-state index < -0.39 is 0 Å². The number of nitrogens with zero attached hydrogens (tertiary/aromatic N) is 2.